The van der Waals surface area contributed by atoms with E-state index in [1.165, 1.54) is 18.3 Å². The van der Waals surface area contributed by atoms with Gasteiger partial charge in [0, 0.05) is 23.6 Å². The lowest BCUT2D eigenvalue weighted by atomic mass is 9.81. The van der Waals surface area contributed by atoms with Crippen molar-refractivity contribution in [2.45, 2.75) is 13.5 Å². The Bertz CT molecular complexity index is 1290. The highest BCUT2D eigenvalue weighted by Crippen LogP contribution is 2.34. The first-order valence-electron chi connectivity index (χ1n) is 9.39. The van der Waals surface area contributed by atoms with Crippen LogP contribution in [0.2, 0.25) is 0 Å². The fraction of sp³-hybridized carbons (Fsp3) is 0.0952. The number of carbonyl (C=O) groups excluding carboxylic acids is 1. The topological polar surface area (TPSA) is 134 Å². The van der Waals surface area contributed by atoms with Gasteiger partial charge in [-0.15, -0.1) is 0 Å². The number of para-hydroxylation sites is 1. The number of aryl methyl sites for hydroxylation is 1. The molecule has 8 nitrogen and oxygen atoms in total. The lowest BCUT2D eigenvalue weighted by molar-refractivity contribution is 0.100. The Morgan fingerprint density at radius 3 is 2.74 bits per heavy atom. The molecule has 0 aliphatic carbocycles. The van der Waals surface area contributed by atoms with Gasteiger partial charge in [0.25, 0.3) is 5.91 Å². The average molecular weight is 420 g/mol. The summed E-state index contributed by atoms with van der Waals surface area (Å²) in [5.74, 6) is -0.107. The maximum Gasteiger partial charge on any atom is 0.493 e. The number of aromatic nitrogens is 2. The predicted octanol–water partition coefficient (Wildman–Crippen LogP) is 1.73. The van der Waals surface area contributed by atoms with Crippen LogP contribution in [0.25, 0.3) is 22.4 Å². The number of hydrogen-bond donors (Lipinski definition) is 4. The van der Waals surface area contributed by atoms with E-state index < -0.39 is 13.0 Å². The van der Waals surface area contributed by atoms with Crippen molar-refractivity contribution < 1.29 is 23.7 Å². The minimum atomic E-state index is -1.81. The van der Waals surface area contributed by atoms with E-state index in [9.17, 15) is 19.2 Å². The van der Waals surface area contributed by atoms with Crippen molar-refractivity contribution >= 4 is 35.3 Å². The molecule has 0 saturated carbocycles. The fourth-order valence-electron chi connectivity index (χ4n) is 3.38. The quantitative estimate of drug-likeness (QED) is 0.349. The number of rotatable bonds is 6. The Kier molecular flexibility index (Phi) is 5.41. The summed E-state index contributed by atoms with van der Waals surface area (Å²) in [6.45, 7) is 1.91. The van der Waals surface area contributed by atoms with E-state index in [4.69, 9.17) is 10.2 Å². The zero-order chi connectivity index (χ0) is 22.1. The van der Waals surface area contributed by atoms with Crippen LogP contribution >= 0.6 is 0 Å². The lowest BCUT2D eigenvalue weighted by Crippen LogP contribution is -2.34. The van der Waals surface area contributed by atoms with Gasteiger partial charge in [-0.2, -0.15) is 0 Å². The van der Waals surface area contributed by atoms with Gasteiger partial charge < -0.3 is 25.5 Å². The summed E-state index contributed by atoms with van der Waals surface area (Å²) in [7, 11) is -1.81. The predicted molar refractivity (Wildman–Crippen MR) is 114 cm³/mol. The van der Waals surface area contributed by atoms with Gasteiger partial charge in [0.2, 0.25) is 0 Å². The first-order valence-corrected chi connectivity index (χ1v) is 9.39. The Morgan fingerprint density at radius 1 is 1.26 bits per heavy atom. The molecular formula is C21H18BFN4O4. The Balaban J connectivity index is 1.78. The molecule has 1 amide bonds. The van der Waals surface area contributed by atoms with Crippen molar-refractivity contribution in [3.63, 3.8) is 0 Å². The standard InChI is InChI=1S/C21H18BFN4O4/c1-11-17(14-6-3-7-15(19(24)28)18(14)31-11)21-26-10-16(22(29)30)20(27-21)25-9-12-4-2-5-13(23)8-12/h2-8,10,29-30H,9H2,1H3,(H2,24,28)(H,25,26,27). The van der Waals surface area contributed by atoms with Crippen molar-refractivity contribution in [3.8, 4) is 11.4 Å². The molecule has 31 heavy (non-hydrogen) atoms. The van der Waals surface area contributed by atoms with E-state index >= 15 is 0 Å². The highest BCUT2D eigenvalue weighted by molar-refractivity contribution is 6.60. The van der Waals surface area contributed by atoms with E-state index in [0.29, 0.717) is 27.9 Å². The van der Waals surface area contributed by atoms with Crippen LogP contribution in [-0.4, -0.2) is 33.0 Å². The molecule has 0 bridgehead atoms. The number of anilines is 1. The number of nitrogens with one attached hydrogen (secondary N) is 1. The maximum atomic E-state index is 13.5. The molecule has 10 heteroatoms. The number of halogens is 1. The Morgan fingerprint density at radius 2 is 2.03 bits per heavy atom. The number of nitrogens with zero attached hydrogens (tertiary/aromatic N) is 2. The first-order chi connectivity index (χ1) is 14.8. The molecule has 2 aromatic heterocycles. The fourth-order valence-corrected chi connectivity index (χ4v) is 3.38. The molecule has 2 aromatic carbocycles. The van der Waals surface area contributed by atoms with Gasteiger partial charge >= 0.3 is 7.12 Å². The molecule has 156 valence electrons. The lowest BCUT2D eigenvalue weighted by Gasteiger charge is -2.12. The largest absolute Gasteiger partial charge is 0.493 e. The van der Waals surface area contributed by atoms with Gasteiger partial charge in [0.15, 0.2) is 5.82 Å². The van der Waals surface area contributed by atoms with Gasteiger partial charge in [-0.25, -0.2) is 14.4 Å². The van der Waals surface area contributed by atoms with Gasteiger partial charge in [-0.3, -0.25) is 4.79 Å². The first kappa shape index (κ1) is 20.5. The zero-order valence-corrected chi connectivity index (χ0v) is 16.5. The molecule has 4 rings (SSSR count). The molecule has 4 aromatic rings. The second kappa shape index (κ2) is 8.17. The molecule has 5 N–H and O–H groups in total. The van der Waals surface area contributed by atoms with Crippen LogP contribution in [0.1, 0.15) is 21.7 Å². The third kappa shape index (κ3) is 3.98. The summed E-state index contributed by atoms with van der Waals surface area (Å²) < 4.78 is 19.2. The molecular weight excluding hydrogens is 402 g/mol. The van der Waals surface area contributed by atoms with Crippen molar-refractivity contribution in [2.75, 3.05) is 5.32 Å². The third-order valence-corrected chi connectivity index (χ3v) is 4.82. The highest BCUT2D eigenvalue weighted by Gasteiger charge is 2.23. The molecule has 0 fully saturated rings. The van der Waals surface area contributed by atoms with E-state index in [2.05, 4.69) is 15.3 Å². The van der Waals surface area contributed by atoms with Crippen LogP contribution in [0, 0.1) is 12.7 Å². The number of furan rings is 1. The number of hydrogen-bond acceptors (Lipinski definition) is 7. The minimum Gasteiger partial charge on any atom is -0.460 e. The van der Waals surface area contributed by atoms with E-state index in [-0.39, 0.29) is 35.0 Å². The number of nitrogens with two attached hydrogens (primary N) is 1. The van der Waals surface area contributed by atoms with Crippen molar-refractivity contribution in [3.05, 3.63) is 71.4 Å². The molecule has 0 aliphatic rings. The van der Waals surface area contributed by atoms with Gasteiger partial charge in [0.1, 0.15) is 23.0 Å². The molecule has 0 spiro atoms. The number of primary amides is 1. The Hall–Kier alpha value is -3.76. The van der Waals surface area contributed by atoms with Gasteiger partial charge in [-0.1, -0.05) is 24.3 Å². The van der Waals surface area contributed by atoms with Crippen molar-refractivity contribution in [1.82, 2.24) is 9.97 Å². The monoisotopic (exact) mass is 420 g/mol. The summed E-state index contributed by atoms with van der Waals surface area (Å²) in [5.41, 5.74) is 7.25. The van der Waals surface area contributed by atoms with E-state index in [0.717, 1.165) is 0 Å². The molecule has 0 unspecified atom stereocenters. The normalized spacial score (nSPS) is 11.0. The summed E-state index contributed by atoms with van der Waals surface area (Å²) >= 11 is 0. The number of amides is 1. The number of benzene rings is 2. The second-order valence-corrected chi connectivity index (χ2v) is 6.93. The van der Waals surface area contributed by atoms with Crippen LogP contribution in [0.3, 0.4) is 0 Å². The number of fused-ring (bicyclic) bond motifs is 1. The maximum absolute atomic E-state index is 13.5. The third-order valence-electron chi connectivity index (χ3n) is 4.82. The van der Waals surface area contributed by atoms with E-state index in [1.807, 2.05) is 0 Å². The summed E-state index contributed by atoms with van der Waals surface area (Å²) in [5, 5.41) is 23.0. The second-order valence-electron chi connectivity index (χ2n) is 6.93. The van der Waals surface area contributed by atoms with Crippen LogP contribution in [0.5, 0.6) is 0 Å². The van der Waals surface area contributed by atoms with E-state index in [1.54, 1.807) is 37.3 Å². The molecule has 2 heterocycles. The Labute approximate surface area is 176 Å². The molecule has 0 aliphatic heterocycles. The summed E-state index contributed by atoms with van der Waals surface area (Å²) in [4.78, 5) is 20.4. The molecule has 0 saturated heterocycles. The zero-order valence-electron chi connectivity index (χ0n) is 16.5. The van der Waals surface area contributed by atoms with Gasteiger partial charge in [-0.05, 0) is 30.7 Å². The van der Waals surface area contributed by atoms with Crippen LogP contribution in [0.4, 0.5) is 10.2 Å². The minimum absolute atomic E-state index is 0.0587. The highest BCUT2D eigenvalue weighted by atomic mass is 19.1. The van der Waals surface area contributed by atoms with Crippen LogP contribution in [0.15, 0.2) is 53.1 Å². The van der Waals surface area contributed by atoms with Crippen molar-refractivity contribution in [2.24, 2.45) is 5.73 Å². The SMILES string of the molecule is Cc1oc2c(C(N)=O)cccc2c1-c1ncc(B(O)O)c(NCc2cccc(F)c2)n1. The van der Waals surface area contributed by atoms with Crippen LogP contribution in [-0.2, 0) is 6.54 Å². The van der Waals surface area contributed by atoms with Gasteiger partial charge in [0.05, 0.1) is 11.1 Å². The average Bonchev–Trinajstić information content (AvgIpc) is 3.07. The molecule has 0 atom stereocenters. The van der Waals surface area contributed by atoms with Crippen LogP contribution < -0.4 is 16.5 Å². The summed E-state index contributed by atoms with van der Waals surface area (Å²) in [6.07, 6.45) is 1.29. The number of carbonyl (C=O) groups is 1. The smallest absolute Gasteiger partial charge is 0.460 e. The summed E-state index contributed by atoms with van der Waals surface area (Å²) in [6, 6.07) is 11.0. The van der Waals surface area contributed by atoms with Crippen molar-refractivity contribution in [1.29, 1.82) is 0 Å². The molecule has 0 radical (unpaired) electrons.